The summed E-state index contributed by atoms with van der Waals surface area (Å²) in [4.78, 5) is 27.1. The van der Waals surface area contributed by atoms with Crippen molar-refractivity contribution in [3.8, 4) is 5.75 Å². The molecule has 2 fully saturated rings. The van der Waals surface area contributed by atoms with Gasteiger partial charge in [0, 0.05) is 26.2 Å². The predicted octanol–water partition coefficient (Wildman–Crippen LogP) is -0.385. The van der Waals surface area contributed by atoms with E-state index in [1.807, 2.05) is 17.0 Å². The van der Waals surface area contributed by atoms with Crippen LogP contribution >= 0.6 is 0 Å². The van der Waals surface area contributed by atoms with E-state index in [1.54, 1.807) is 19.2 Å². The van der Waals surface area contributed by atoms with Crippen molar-refractivity contribution < 1.29 is 27.5 Å². The minimum absolute atomic E-state index is 0.0104. The summed E-state index contributed by atoms with van der Waals surface area (Å²) in [5, 5.41) is 2.98. The van der Waals surface area contributed by atoms with Crippen molar-refractivity contribution in [2.24, 2.45) is 0 Å². The molecule has 2 amide bonds. The minimum Gasteiger partial charge on any atom is -0.497 e. The van der Waals surface area contributed by atoms with Gasteiger partial charge in [0.25, 0.3) is 5.91 Å². The second kappa shape index (κ2) is 9.10. The lowest BCUT2D eigenvalue weighted by atomic mass is 10.1. The maximum atomic E-state index is 12.9. The first-order valence-corrected chi connectivity index (χ1v) is 11.1. The molecule has 9 nitrogen and oxygen atoms in total. The van der Waals surface area contributed by atoms with Gasteiger partial charge in [-0.3, -0.25) is 14.5 Å². The van der Waals surface area contributed by atoms with Gasteiger partial charge in [-0.2, -0.15) is 0 Å². The summed E-state index contributed by atoms with van der Waals surface area (Å²) in [6.07, 6.45) is 0.625. The quantitative estimate of drug-likeness (QED) is 0.635. The van der Waals surface area contributed by atoms with Crippen molar-refractivity contribution in [2.45, 2.75) is 24.9 Å². The molecule has 160 valence electrons. The topological polar surface area (TPSA) is 105 Å². The predicted molar refractivity (Wildman–Crippen MR) is 106 cm³/mol. The number of benzene rings is 1. The maximum absolute atomic E-state index is 12.9. The molecule has 0 radical (unpaired) electrons. The van der Waals surface area contributed by atoms with Crippen molar-refractivity contribution in [1.29, 1.82) is 0 Å². The van der Waals surface area contributed by atoms with Gasteiger partial charge in [-0.05, 0) is 24.1 Å². The summed E-state index contributed by atoms with van der Waals surface area (Å²) < 4.78 is 35.8. The third-order valence-electron chi connectivity index (χ3n) is 5.29. The number of fused-ring (bicyclic) bond motifs is 1. The first-order chi connectivity index (χ1) is 13.8. The number of nitrogens with one attached hydrogen (secondary N) is 1. The number of carbonyl (C=O) groups excluding carboxylic acids is 2. The van der Waals surface area contributed by atoms with Gasteiger partial charge in [0.15, 0.2) is 0 Å². The Morgan fingerprint density at radius 3 is 2.62 bits per heavy atom. The normalized spacial score (nSPS) is 24.1. The lowest BCUT2D eigenvalue weighted by molar-refractivity contribution is -0.131. The SMILES string of the molecule is COCCN1C(=O)[C@@H]2C[C@H](NC(=O)Cc3ccc(OC)cc3)CN2CCS1(=O)=O. The van der Waals surface area contributed by atoms with Gasteiger partial charge in [-0.1, -0.05) is 12.1 Å². The van der Waals surface area contributed by atoms with Crippen LogP contribution in [0.2, 0.25) is 0 Å². The van der Waals surface area contributed by atoms with Crippen LogP contribution in [0.4, 0.5) is 0 Å². The van der Waals surface area contributed by atoms with Crippen molar-refractivity contribution in [1.82, 2.24) is 14.5 Å². The average Bonchev–Trinajstić information content (AvgIpc) is 3.06. The molecular weight excluding hydrogens is 398 g/mol. The number of nitrogens with zero attached hydrogens (tertiary/aromatic N) is 2. The summed E-state index contributed by atoms with van der Waals surface area (Å²) in [7, 11) is -0.597. The van der Waals surface area contributed by atoms with E-state index in [0.717, 1.165) is 15.6 Å². The minimum atomic E-state index is -3.65. The Bertz CT molecular complexity index is 842. The Kier molecular flexibility index (Phi) is 6.76. The average molecular weight is 426 g/mol. The molecule has 3 rings (SSSR count). The summed E-state index contributed by atoms with van der Waals surface area (Å²) in [5.74, 6) is 0.0378. The fraction of sp³-hybridized carbons (Fsp3) is 0.579. The lowest BCUT2D eigenvalue weighted by Crippen LogP contribution is -2.45. The highest BCUT2D eigenvalue weighted by atomic mass is 32.2. The maximum Gasteiger partial charge on any atom is 0.253 e. The van der Waals surface area contributed by atoms with Crippen molar-refractivity contribution in [3.63, 3.8) is 0 Å². The summed E-state index contributed by atoms with van der Waals surface area (Å²) >= 11 is 0. The van der Waals surface area contributed by atoms with Crippen molar-refractivity contribution >= 4 is 21.8 Å². The Labute approximate surface area is 171 Å². The molecule has 2 heterocycles. The van der Waals surface area contributed by atoms with Crippen molar-refractivity contribution in [3.05, 3.63) is 29.8 Å². The third-order valence-corrected chi connectivity index (χ3v) is 7.03. The number of hydrogen-bond acceptors (Lipinski definition) is 7. The second-order valence-electron chi connectivity index (χ2n) is 7.25. The second-order valence-corrected chi connectivity index (χ2v) is 9.27. The number of amides is 2. The van der Waals surface area contributed by atoms with Gasteiger partial charge < -0.3 is 14.8 Å². The summed E-state index contributed by atoms with van der Waals surface area (Å²) in [6, 6.07) is 6.53. The number of carbonyl (C=O) groups is 2. The molecule has 2 atom stereocenters. The van der Waals surface area contributed by atoms with Crippen LogP contribution in [-0.4, -0.2) is 87.7 Å². The molecule has 2 aliphatic heterocycles. The van der Waals surface area contributed by atoms with E-state index in [-0.39, 0.29) is 43.8 Å². The molecule has 2 aliphatic rings. The fourth-order valence-electron chi connectivity index (χ4n) is 3.79. The highest BCUT2D eigenvalue weighted by Crippen LogP contribution is 2.24. The van der Waals surface area contributed by atoms with Gasteiger partial charge in [-0.15, -0.1) is 0 Å². The number of rotatable bonds is 7. The van der Waals surface area contributed by atoms with Crippen LogP contribution < -0.4 is 10.1 Å². The van der Waals surface area contributed by atoms with Gasteiger partial charge in [0.1, 0.15) is 5.75 Å². The van der Waals surface area contributed by atoms with E-state index in [4.69, 9.17) is 9.47 Å². The van der Waals surface area contributed by atoms with Gasteiger partial charge in [0.2, 0.25) is 15.9 Å². The molecule has 0 bridgehead atoms. The largest absolute Gasteiger partial charge is 0.497 e. The lowest BCUT2D eigenvalue weighted by Gasteiger charge is -2.23. The molecule has 1 aromatic rings. The zero-order valence-electron chi connectivity index (χ0n) is 16.7. The first kappa shape index (κ1) is 21.5. The van der Waals surface area contributed by atoms with Gasteiger partial charge in [-0.25, -0.2) is 12.7 Å². The zero-order valence-corrected chi connectivity index (χ0v) is 17.5. The molecule has 1 aromatic carbocycles. The fourth-order valence-corrected chi connectivity index (χ4v) is 5.22. The Hall–Kier alpha value is -2.17. The van der Waals surface area contributed by atoms with E-state index in [0.29, 0.717) is 13.0 Å². The van der Waals surface area contributed by atoms with Gasteiger partial charge >= 0.3 is 0 Å². The molecule has 0 unspecified atom stereocenters. The van der Waals surface area contributed by atoms with Gasteiger partial charge in [0.05, 0.1) is 38.5 Å². The number of hydrogen-bond donors (Lipinski definition) is 1. The van der Waals surface area contributed by atoms with Crippen molar-refractivity contribution in [2.75, 3.05) is 46.2 Å². The Morgan fingerprint density at radius 1 is 1.24 bits per heavy atom. The zero-order chi connectivity index (χ0) is 21.0. The first-order valence-electron chi connectivity index (χ1n) is 9.53. The van der Waals surface area contributed by atoms with Crippen LogP contribution in [0.15, 0.2) is 24.3 Å². The molecule has 29 heavy (non-hydrogen) atoms. The molecule has 0 aromatic heterocycles. The van der Waals surface area contributed by atoms with Crippen LogP contribution in [0.5, 0.6) is 5.75 Å². The van der Waals surface area contributed by atoms with E-state index >= 15 is 0 Å². The summed E-state index contributed by atoms with van der Waals surface area (Å²) in [6.45, 7) is 0.891. The standard InChI is InChI=1S/C19H27N3O6S/c1-27-9-7-22-19(24)17-12-15(13-21(17)8-10-29(22,25)26)20-18(23)11-14-3-5-16(28-2)6-4-14/h3-6,15,17H,7-13H2,1-2H3,(H,20,23)/t15-,17-/m0/s1. The Balaban J connectivity index is 1.61. The molecule has 0 saturated carbocycles. The van der Waals surface area contributed by atoms with E-state index in [1.165, 1.54) is 7.11 Å². The molecule has 1 N–H and O–H groups in total. The summed E-state index contributed by atoms with van der Waals surface area (Å²) in [5.41, 5.74) is 0.865. The smallest absolute Gasteiger partial charge is 0.253 e. The highest BCUT2D eigenvalue weighted by molar-refractivity contribution is 7.89. The number of ether oxygens (including phenoxy) is 2. The van der Waals surface area contributed by atoms with E-state index in [2.05, 4.69) is 5.32 Å². The van der Waals surface area contributed by atoms with Crippen LogP contribution in [-0.2, 0) is 30.8 Å². The number of methoxy groups -OCH3 is 2. The Morgan fingerprint density at radius 2 is 1.97 bits per heavy atom. The monoisotopic (exact) mass is 425 g/mol. The van der Waals surface area contributed by atoms with Crippen LogP contribution in [0, 0.1) is 0 Å². The molecule has 10 heteroatoms. The molecular formula is C19H27N3O6S. The van der Waals surface area contributed by atoms with E-state index < -0.39 is 22.0 Å². The highest BCUT2D eigenvalue weighted by Gasteiger charge is 2.45. The molecule has 0 aliphatic carbocycles. The molecule has 2 saturated heterocycles. The van der Waals surface area contributed by atoms with Crippen LogP contribution in [0.3, 0.4) is 0 Å². The number of sulfonamides is 1. The van der Waals surface area contributed by atoms with Crippen LogP contribution in [0.1, 0.15) is 12.0 Å². The molecule has 0 spiro atoms. The van der Waals surface area contributed by atoms with Crippen LogP contribution in [0.25, 0.3) is 0 Å². The third kappa shape index (κ3) is 5.06. The van der Waals surface area contributed by atoms with E-state index in [9.17, 15) is 18.0 Å².